The molecule has 0 amide bonds. The molecule has 1 aliphatic heterocycles. The van der Waals surface area contributed by atoms with Crippen LogP contribution in [-0.4, -0.2) is 13.1 Å². The van der Waals surface area contributed by atoms with Crippen molar-refractivity contribution in [3.05, 3.63) is 23.8 Å². The second-order valence-electron chi connectivity index (χ2n) is 7.47. The summed E-state index contributed by atoms with van der Waals surface area (Å²) < 4.78 is 0. The number of hydrogen-bond acceptors (Lipinski definition) is 1. The fourth-order valence-electron chi connectivity index (χ4n) is 4.22. The van der Waals surface area contributed by atoms with Gasteiger partial charge in [0, 0.05) is 0 Å². The second kappa shape index (κ2) is 8.17. The lowest BCUT2D eigenvalue weighted by Crippen LogP contribution is -2.23. The van der Waals surface area contributed by atoms with Crippen LogP contribution in [0.25, 0.3) is 0 Å². The zero-order valence-corrected chi connectivity index (χ0v) is 14.3. The molecule has 0 bridgehead atoms. The standard InChI is InChI=1S/C20H35N/c1-4-9-19(20(3)12-8-14-21-15-13-20)16-17(2)18-10-6-5-7-11-18/h9,18,21H,2,4-8,10-16H2,1,3H3/b19-9+. The first-order valence-electron chi connectivity index (χ1n) is 9.23. The summed E-state index contributed by atoms with van der Waals surface area (Å²) in [5, 5.41) is 3.57. The van der Waals surface area contributed by atoms with Gasteiger partial charge in [0.25, 0.3) is 0 Å². The Kier molecular flexibility index (Phi) is 6.54. The van der Waals surface area contributed by atoms with Gasteiger partial charge in [-0.15, -0.1) is 0 Å². The summed E-state index contributed by atoms with van der Waals surface area (Å²) >= 11 is 0. The first-order valence-corrected chi connectivity index (χ1v) is 9.23. The topological polar surface area (TPSA) is 12.0 Å². The van der Waals surface area contributed by atoms with E-state index in [9.17, 15) is 0 Å². The predicted molar refractivity (Wildman–Crippen MR) is 93.5 cm³/mol. The van der Waals surface area contributed by atoms with Crippen LogP contribution >= 0.6 is 0 Å². The van der Waals surface area contributed by atoms with Crippen LogP contribution in [0.4, 0.5) is 0 Å². The van der Waals surface area contributed by atoms with Gasteiger partial charge in [0.1, 0.15) is 0 Å². The van der Waals surface area contributed by atoms with E-state index < -0.39 is 0 Å². The average Bonchev–Trinajstić information content (AvgIpc) is 2.73. The molecule has 1 saturated heterocycles. The molecule has 1 atom stereocenters. The highest BCUT2D eigenvalue weighted by molar-refractivity contribution is 5.22. The van der Waals surface area contributed by atoms with E-state index in [4.69, 9.17) is 0 Å². The van der Waals surface area contributed by atoms with Gasteiger partial charge in [0.15, 0.2) is 0 Å². The lowest BCUT2D eigenvalue weighted by atomic mass is 9.71. The third-order valence-corrected chi connectivity index (χ3v) is 5.76. The molecule has 21 heavy (non-hydrogen) atoms. The molecule has 0 spiro atoms. The number of nitrogens with one attached hydrogen (secondary N) is 1. The van der Waals surface area contributed by atoms with Gasteiger partial charge in [-0.1, -0.05) is 56.9 Å². The second-order valence-corrected chi connectivity index (χ2v) is 7.47. The molecule has 120 valence electrons. The molecule has 1 saturated carbocycles. The third-order valence-electron chi connectivity index (χ3n) is 5.76. The smallest absolute Gasteiger partial charge is 0.00406 e. The Balaban J connectivity index is 2.03. The van der Waals surface area contributed by atoms with Crippen LogP contribution < -0.4 is 5.32 Å². The minimum absolute atomic E-state index is 0.400. The molecular weight excluding hydrogens is 254 g/mol. The predicted octanol–water partition coefficient (Wildman–Crippen LogP) is 5.63. The molecule has 1 heterocycles. The van der Waals surface area contributed by atoms with Gasteiger partial charge in [-0.2, -0.15) is 0 Å². The largest absolute Gasteiger partial charge is 0.317 e. The SMILES string of the molecule is C=C(C/C(=C\CC)C1(C)CCCNCC1)C1CCCCC1. The summed E-state index contributed by atoms with van der Waals surface area (Å²) in [6.07, 6.45) is 15.8. The third kappa shape index (κ3) is 4.71. The fraction of sp³-hybridized carbons (Fsp3) is 0.800. The first kappa shape index (κ1) is 16.8. The number of allylic oxidation sites excluding steroid dienone is 3. The normalized spacial score (nSPS) is 29.1. The van der Waals surface area contributed by atoms with Gasteiger partial charge < -0.3 is 5.32 Å². The molecular formula is C20H35N. The van der Waals surface area contributed by atoms with Gasteiger partial charge in [-0.05, 0) is 69.4 Å². The summed E-state index contributed by atoms with van der Waals surface area (Å²) in [5.41, 5.74) is 3.61. The van der Waals surface area contributed by atoms with E-state index in [-0.39, 0.29) is 0 Å². The minimum Gasteiger partial charge on any atom is -0.317 e. The van der Waals surface area contributed by atoms with Crippen molar-refractivity contribution in [3.63, 3.8) is 0 Å². The van der Waals surface area contributed by atoms with Crippen molar-refractivity contribution < 1.29 is 0 Å². The quantitative estimate of drug-likeness (QED) is 0.647. The summed E-state index contributed by atoms with van der Waals surface area (Å²) in [7, 11) is 0. The molecule has 1 nitrogen and oxygen atoms in total. The molecule has 2 rings (SSSR count). The van der Waals surface area contributed by atoms with E-state index in [0.717, 1.165) is 18.8 Å². The van der Waals surface area contributed by atoms with Crippen LogP contribution in [0.15, 0.2) is 23.8 Å². The van der Waals surface area contributed by atoms with Crippen molar-refractivity contribution in [1.82, 2.24) is 5.32 Å². The van der Waals surface area contributed by atoms with E-state index in [0.29, 0.717) is 5.41 Å². The van der Waals surface area contributed by atoms with Crippen molar-refractivity contribution in [2.45, 2.75) is 78.1 Å². The number of hydrogen-bond donors (Lipinski definition) is 1. The summed E-state index contributed by atoms with van der Waals surface area (Å²) in [6.45, 7) is 11.6. The Labute approximate surface area is 132 Å². The Morgan fingerprint density at radius 3 is 2.62 bits per heavy atom. The molecule has 0 aromatic heterocycles. The minimum atomic E-state index is 0.400. The van der Waals surface area contributed by atoms with Crippen molar-refractivity contribution in [2.24, 2.45) is 11.3 Å². The Hall–Kier alpha value is -0.560. The molecule has 0 radical (unpaired) electrons. The van der Waals surface area contributed by atoms with Crippen LogP contribution in [-0.2, 0) is 0 Å². The van der Waals surface area contributed by atoms with Crippen LogP contribution in [0.2, 0.25) is 0 Å². The average molecular weight is 290 g/mol. The molecule has 2 aliphatic rings. The fourth-order valence-corrected chi connectivity index (χ4v) is 4.22. The van der Waals surface area contributed by atoms with Gasteiger partial charge in [0.2, 0.25) is 0 Å². The Morgan fingerprint density at radius 1 is 1.14 bits per heavy atom. The highest BCUT2D eigenvalue weighted by Gasteiger charge is 2.30. The maximum Gasteiger partial charge on any atom is -0.00406 e. The summed E-state index contributed by atoms with van der Waals surface area (Å²) in [5.74, 6) is 0.798. The van der Waals surface area contributed by atoms with Crippen LogP contribution in [0.3, 0.4) is 0 Å². The summed E-state index contributed by atoms with van der Waals surface area (Å²) in [4.78, 5) is 0. The molecule has 1 aliphatic carbocycles. The van der Waals surface area contributed by atoms with Crippen molar-refractivity contribution in [3.8, 4) is 0 Å². The van der Waals surface area contributed by atoms with Crippen LogP contribution in [0.1, 0.15) is 78.1 Å². The Bertz CT molecular complexity index is 352. The van der Waals surface area contributed by atoms with Crippen LogP contribution in [0, 0.1) is 11.3 Å². The zero-order valence-electron chi connectivity index (χ0n) is 14.3. The molecule has 1 unspecified atom stereocenters. The van der Waals surface area contributed by atoms with Gasteiger partial charge in [-0.25, -0.2) is 0 Å². The first-order chi connectivity index (χ1) is 10.2. The van der Waals surface area contributed by atoms with Gasteiger partial charge >= 0.3 is 0 Å². The molecule has 1 heteroatoms. The Morgan fingerprint density at radius 2 is 1.90 bits per heavy atom. The van der Waals surface area contributed by atoms with E-state index in [1.54, 1.807) is 5.57 Å². The highest BCUT2D eigenvalue weighted by atomic mass is 14.9. The highest BCUT2D eigenvalue weighted by Crippen LogP contribution is 2.42. The van der Waals surface area contributed by atoms with E-state index in [1.165, 1.54) is 70.0 Å². The lowest BCUT2D eigenvalue weighted by molar-refractivity contribution is 0.335. The van der Waals surface area contributed by atoms with Crippen molar-refractivity contribution in [2.75, 3.05) is 13.1 Å². The molecule has 0 aromatic carbocycles. The van der Waals surface area contributed by atoms with Crippen molar-refractivity contribution >= 4 is 0 Å². The van der Waals surface area contributed by atoms with E-state index in [2.05, 4.69) is 31.8 Å². The van der Waals surface area contributed by atoms with Crippen LogP contribution in [0.5, 0.6) is 0 Å². The van der Waals surface area contributed by atoms with Crippen molar-refractivity contribution in [1.29, 1.82) is 0 Å². The van der Waals surface area contributed by atoms with E-state index in [1.807, 2.05) is 0 Å². The molecule has 1 N–H and O–H groups in total. The molecule has 2 fully saturated rings. The monoisotopic (exact) mass is 289 g/mol. The molecule has 0 aromatic rings. The maximum atomic E-state index is 4.49. The van der Waals surface area contributed by atoms with E-state index >= 15 is 0 Å². The summed E-state index contributed by atoms with van der Waals surface area (Å²) in [6, 6.07) is 0. The number of rotatable bonds is 5. The van der Waals surface area contributed by atoms with Gasteiger partial charge in [-0.3, -0.25) is 0 Å². The van der Waals surface area contributed by atoms with Gasteiger partial charge in [0.05, 0.1) is 0 Å². The maximum absolute atomic E-state index is 4.49. The lowest BCUT2D eigenvalue weighted by Gasteiger charge is -2.34. The zero-order chi connectivity index (χ0) is 15.1.